The van der Waals surface area contributed by atoms with Crippen molar-refractivity contribution in [2.45, 2.75) is 39.7 Å². The number of guanidine groups is 1. The van der Waals surface area contributed by atoms with Gasteiger partial charge in [-0.25, -0.2) is 4.98 Å². The van der Waals surface area contributed by atoms with Gasteiger partial charge in [0.15, 0.2) is 5.96 Å². The van der Waals surface area contributed by atoms with Crippen LogP contribution in [0.5, 0.6) is 0 Å². The molecule has 0 unspecified atom stereocenters. The summed E-state index contributed by atoms with van der Waals surface area (Å²) in [5.74, 6) is 0.939. The van der Waals surface area contributed by atoms with Crippen molar-refractivity contribution in [3.8, 4) is 0 Å². The predicted molar refractivity (Wildman–Crippen MR) is 79.2 cm³/mol. The normalized spacial score (nSPS) is 11.7. The van der Waals surface area contributed by atoms with Gasteiger partial charge in [-0.15, -0.1) is 11.3 Å². The highest BCUT2D eigenvalue weighted by molar-refractivity contribution is 7.09. The molecule has 0 spiro atoms. The molecule has 18 heavy (non-hydrogen) atoms. The van der Waals surface area contributed by atoms with E-state index in [1.807, 2.05) is 7.05 Å². The minimum absolute atomic E-state index is 0.750. The Morgan fingerprint density at radius 3 is 2.83 bits per heavy atom. The molecule has 0 atom stereocenters. The first kappa shape index (κ1) is 15.0. The van der Waals surface area contributed by atoms with Crippen LogP contribution in [0.1, 0.15) is 37.4 Å². The second-order valence-electron chi connectivity index (χ2n) is 4.26. The Hall–Kier alpha value is -1.10. The van der Waals surface area contributed by atoms with Crippen LogP contribution in [0.2, 0.25) is 0 Å². The van der Waals surface area contributed by atoms with Crippen LogP contribution in [0.25, 0.3) is 0 Å². The first-order chi connectivity index (χ1) is 8.71. The fraction of sp³-hybridized carbons (Fsp3) is 0.692. The summed E-state index contributed by atoms with van der Waals surface area (Å²) >= 11 is 1.73. The van der Waals surface area contributed by atoms with Crippen LogP contribution in [0.4, 0.5) is 0 Å². The third kappa shape index (κ3) is 4.64. The number of thiazole rings is 1. The van der Waals surface area contributed by atoms with Crippen molar-refractivity contribution in [2.75, 3.05) is 20.6 Å². The molecule has 1 N–H and O–H groups in total. The molecule has 0 aliphatic heterocycles. The number of hydrogen-bond donors (Lipinski definition) is 1. The van der Waals surface area contributed by atoms with Crippen molar-refractivity contribution in [3.63, 3.8) is 0 Å². The molecular weight excluding hydrogens is 244 g/mol. The van der Waals surface area contributed by atoms with Gasteiger partial charge in [-0.3, -0.25) is 4.99 Å². The van der Waals surface area contributed by atoms with Gasteiger partial charge in [-0.1, -0.05) is 20.3 Å². The minimum Gasteiger partial charge on any atom is -0.351 e. The van der Waals surface area contributed by atoms with Crippen LogP contribution < -0.4 is 5.32 Å². The number of nitrogens with zero attached hydrogens (tertiary/aromatic N) is 3. The number of rotatable bonds is 6. The fourth-order valence-corrected chi connectivity index (χ4v) is 2.39. The molecule has 0 saturated carbocycles. The summed E-state index contributed by atoms with van der Waals surface area (Å²) < 4.78 is 0. The molecule has 0 bridgehead atoms. The summed E-state index contributed by atoms with van der Waals surface area (Å²) in [6, 6.07) is 0. The van der Waals surface area contributed by atoms with Crippen LogP contribution in [-0.2, 0) is 13.0 Å². The molecule has 0 fully saturated rings. The monoisotopic (exact) mass is 268 g/mol. The quantitative estimate of drug-likeness (QED) is 0.636. The molecule has 5 heteroatoms. The Balaban J connectivity index is 2.44. The predicted octanol–water partition coefficient (Wildman–Crippen LogP) is 2.51. The van der Waals surface area contributed by atoms with Crippen molar-refractivity contribution >= 4 is 17.3 Å². The van der Waals surface area contributed by atoms with Gasteiger partial charge in [0.05, 0.1) is 17.2 Å². The molecule has 0 aliphatic rings. The maximum atomic E-state index is 4.54. The van der Waals surface area contributed by atoms with Crippen molar-refractivity contribution in [3.05, 3.63) is 16.1 Å². The van der Waals surface area contributed by atoms with E-state index >= 15 is 0 Å². The largest absolute Gasteiger partial charge is 0.351 e. The average molecular weight is 268 g/mol. The molecule has 0 radical (unpaired) electrons. The maximum Gasteiger partial charge on any atom is 0.193 e. The molecule has 1 heterocycles. The smallest absolute Gasteiger partial charge is 0.193 e. The molecule has 1 aromatic rings. The van der Waals surface area contributed by atoms with Crippen LogP contribution in [-0.4, -0.2) is 36.5 Å². The number of aryl methyl sites for hydroxylation is 1. The molecule has 0 aliphatic carbocycles. The zero-order valence-corrected chi connectivity index (χ0v) is 12.7. The van der Waals surface area contributed by atoms with E-state index in [0.29, 0.717) is 0 Å². The molecule has 1 rings (SSSR count). The van der Waals surface area contributed by atoms with E-state index in [4.69, 9.17) is 0 Å². The van der Waals surface area contributed by atoms with E-state index in [9.17, 15) is 0 Å². The number of hydrogen-bond acceptors (Lipinski definition) is 3. The lowest BCUT2D eigenvalue weighted by atomic mass is 10.3. The Bertz CT molecular complexity index is 373. The van der Waals surface area contributed by atoms with Crippen LogP contribution in [0.15, 0.2) is 10.4 Å². The third-order valence-electron chi connectivity index (χ3n) is 2.75. The molecule has 4 nitrogen and oxygen atoms in total. The lowest BCUT2D eigenvalue weighted by molar-refractivity contribution is 0.464. The molecule has 102 valence electrons. The highest BCUT2D eigenvalue weighted by Crippen LogP contribution is 2.09. The Kier molecular flexibility index (Phi) is 6.72. The minimum atomic E-state index is 0.750. The third-order valence-corrected chi connectivity index (χ3v) is 3.79. The van der Waals surface area contributed by atoms with E-state index in [-0.39, 0.29) is 0 Å². The van der Waals surface area contributed by atoms with Crippen molar-refractivity contribution in [2.24, 2.45) is 4.99 Å². The van der Waals surface area contributed by atoms with E-state index in [1.165, 1.54) is 17.8 Å². The van der Waals surface area contributed by atoms with Crippen molar-refractivity contribution < 1.29 is 0 Å². The number of aromatic nitrogens is 1. The Morgan fingerprint density at radius 1 is 1.50 bits per heavy atom. The first-order valence-corrected chi connectivity index (χ1v) is 7.44. The first-order valence-electron chi connectivity index (χ1n) is 6.56. The van der Waals surface area contributed by atoms with Gasteiger partial charge in [0.1, 0.15) is 0 Å². The SMILES string of the molecule is CCCCN(C)C(=NC)NCc1csc(CC)n1. The van der Waals surface area contributed by atoms with Gasteiger partial charge >= 0.3 is 0 Å². The van der Waals surface area contributed by atoms with Gasteiger partial charge in [0.2, 0.25) is 0 Å². The van der Waals surface area contributed by atoms with Gasteiger partial charge in [-0.2, -0.15) is 0 Å². The van der Waals surface area contributed by atoms with E-state index < -0.39 is 0 Å². The fourth-order valence-electron chi connectivity index (χ4n) is 1.65. The standard InChI is InChI=1S/C13H24N4S/c1-5-7-8-17(4)13(14-3)15-9-11-10-18-12(6-2)16-11/h10H,5-9H2,1-4H3,(H,14,15). The topological polar surface area (TPSA) is 40.5 Å². The summed E-state index contributed by atoms with van der Waals surface area (Å²) in [6.07, 6.45) is 3.40. The maximum absolute atomic E-state index is 4.54. The van der Waals surface area contributed by atoms with E-state index in [0.717, 1.165) is 31.2 Å². The van der Waals surface area contributed by atoms with Gasteiger partial charge < -0.3 is 10.2 Å². The van der Waals surface area contributed by atoms with Crippen molar-refractivity contribution in [1.29, 1.82) is 0 Å². The summed E-state index contributed by atoms with van der Waals surface area (Å²) in [5.41, 5.74) is 1.10. The lowest BCUT2D eigenvalue weighted by Crippen LogP contribution is -2.39. The summed E-state index contributed by atoms with van der Waals surface area (Å²) in [7, 11) is 3.90. The number of aliphatic imine (C=N–C) groups is 1. The second kappa shape index (κ2) is 8.08. The summed E-state index contributed by atoms with van der Waals surface area (Å²) in [5, 5.41) is 6.66. The number of unbranched alkanes of at least 4 members (excludes halogenated alkanes) is 1. The molecule has 0 aromatic carbocycles. The average Bonchev–Trinajstić information content (AvgIpc) is 2.85. The highest BCUT2D eigenvalue weighted by atomic mass is 32.1. The molecule has 1 aromatic heterocycles. The number of nitrogens with one attached hydrogen (secondary N) is 1. The summed E-state index contributed by atoms with van der Waals surface area (Å²) in [4.78, 5) is 11.0. The lowest BCUT2D eigenvalue weighted by Gasteiger charge is -2.21. The Morgan fingerprint density at radius 2 is 2.28 bits per heavy atom. The van der Waals surface area contributed by atoms with Crippen LogP contribution in [0, 0.1) is 0 Å². The van der Waals surface area contributed by atoms with Crippen molar-refractivity contribution in [1.82, 2.24) is 15.2 Å². The zero-order chi connectivity index (χ0) is 13.4. The molecular formula is C13H24N4S. The summed E-state index contributed by atoms with van der Waals surface area (Å²) in [6.45, 7) is 6.12. The second-order valence-corrected chi connectivity index (χ2v) is 5.20. The van der Waals surface area contributed by atoms with Gasteiger partial charge in [0.25, 0.3) is 0 Å². The van der Waals surface area contributed by atoms with Gasteiger partial charge in [-0.05, 0) is 12.8 Å². The molecule has 0 amide bonds. The highest BCUT2D eigenvalue weighted by Gasteiger charge is 2.06. The van der Waals surface area contributed by atoms with E-state index in [1.54, 1.807) is 11.3 Å². The van der Waals surface area contributed by atoms with Gasteiger partial charge in [0, 0.05) is 26.0 Å². The Labute approximate surface area is 114 Å². The van der Waals surface area contributed by atoms with E-state index in [2.05, 4.69) is 46.5 Å². The van der Waals surface area contributed by atoms with Crippen LogP contribution >= 0.6 is 11.3 Å². The van der Waals surface area contributed by atoms with Crippen LogP contribution in [0.3, 0.4) is 0 Å². The molecule has 0 saturated heterocycles. The zero-order valence-electron chi connectivity index (χ0n) is 11.9.